The molecule has 0 rings (SSSR count). The molecular weight excluding hydrogens is 144 g/mol. The van der Waals surface area contributed by atoms with E-state index in [0.717, 1.165) is 25.7 Å². The first kappa shape index (κ1) is 11.0. The van der Waals surface area contributed by atoms with Crippen molar-refractivity contribution in [2.24, 2.45) is 0 Å². The molecule has 0 radical (unpaired) electrons. The molecule has 0 aromatic carbocycles. The van der Waals surface area contributed by atoms with E-state index in [4.69, 9.17) is 0 Å². The summed E-state index contributed by atoms with van der Waals surface area (Å²) < 4.78 is 0. The third kappa shape index (κ3) is 8.96. The molecule has 0 heterocycles. The van der Waals surface area contributed by atoms with Crippen LogP contribution < -0.4 is 0 Å². The Kier molecular flexibility index (Phi) is 9.10. The van der Waals surface area contributed by atoms with E-state index in [9.17, 15) is 0 Å². The van der Waals surface area contributed by atoms with Crippen LogP contribution in [-0.4, -0.2) is 0 Å². The lowest BCUT2D eigenvalue weighted by Crippen LogP contribution is -1.63. The van der Waals surface area contributed by atoms with Gasteiger partial charge >= 0.3 is 0 Å². The highest BCUT2D eigenvalue weighted by Gasteiger charge is 1.74. The first-order valence-electron chi connectivity index (χ1n) is 4.43. The van der Waals surface area contributed by atoms with Crippen molar-refractivity contribution in [2.45, 2.75) is 25.7 Å². The quantitative estimate of drug-likeness (QED) is 0.391. The molecule has 0 fully saturated rings. The van der Waals surface area contributed by atoms with E-state index in [-0.39, 0.29) is 0 Å². The minimum absolute atomic E-state index is 0.973. The molecule has 0 spiro atoms. The molecular formula is C12H18. The Morgan fingerprint density at radius 1 is 0.667 bits per heavy atom. The highest BCUT2D eigenvalue weighted by Crippen LogP contribution is 1.94. The van der Waals surface area contributed by atoms with Gasteiger partial charge in [0.15, 0.2) is 0 Å². The summed E-state index contributed by atoms with van der Waals surface area (Å²) in [5.41, 5.74) is 0. The summed E-state index contributed by atoms with van der Waals surface area (Å²) >= 11 is 0. The van der Waals surface area contributed by atoms with Gasteiger partial charge in [0.1, 0.15) is 0 Å². The second-order valence-corrected chi connectivity index (χ2v) is 2.57. The summed E-state index contributed by atoms with van der Waals surface area (Å²) in [6.45, 7) is 7.30. The van der Waals surface area contributed by atoms with Crippen molar-refractivity contribution in [3.05, 3.63) is 49.6 Å². The molecule has 66 valence electrons. The van der Waals surface area contributed by atoms with Crippen LogP contribution in [0.4, 0.5) is 0 Å². The lowest BCUT2D eigenvalue weighted by molar-refractivity contribution is 1.05. The largest absolute Gasteiger partial charge is 0.103 e. The molecule has 0 atom stereocenters. The molecule has 0 heteroatoms. The van der Waals surface area contributed by atoms with Crippen LogP contribution in [0.3, 0.4) is 0 Å². The topological polar surface area (TPSA) is 0 Å². The van der Waals surface area contributed by atoms with E-state index in [0.29, 0.717) is 0 Å². The van der Waals surface area contributed by atoms with Gasteiger partial charge in [0.25, 0.3) is 0 Å². The average Bonchev–Trinajstić information content (AvgIpc) is 2.10. The van der Waals surface area contributed by atoms with Crippen LogP contribution in [0, 0.1) is 0 Å². The number of rotatable bonds is 7. The van der Waals surface area contributed by atoms with Crippen molar-refractivity contribution in [3.8, 4) is 0 Å². The van der Waals surface area contributed by atoms with Gasteiger partial charge in [-0.25, -0.2) is 0 Å². The molecule has 0 saturated carbocycles. The molecule has 0 aliphatic rings. The molecule has 0 saturated heterocycles. The van der Waals surface area contributed by atoms with Crippen LogP contribution in [0.15, 0.2) is 49.6 Å². The molecule has 0 unspecified atom stereocenters. The molecule has 0 aromatic rings. The van der Waals surface area contributed by atoms with Gasteiger partial charge in [-0.05, 0) is 25.7 Å². The molecule has 0 aliphatic heterocycles. The van der Waals surface area contributed by atoms with Crippen molar-refractivity contribution in [1.82, 2.24) is 0 Å². The minimum Gasteiger partial charge on any atom is -0.103 e. The third-order valence-corrected chi connectivity index (χ3v) is 1.45. The first-order chi connectivity index (χ1) is 5.91. The maximum absolute atomic E-state index is 3.66. The van der Waals surface area contributed by atoms with Gasteiger partial charge in [-0.15, -0.1) is 13.2 Å². The zero-order valence-corrected chi connectivity index (χ0v) is 7.71. The van der Waals surface area contributed by atoms with Crippen molar-refractivity contribution < 1.29 is 0 Å². The SMILES string of the molecule is C=CCC=CCC=CCCC=C. The zero-order chi connectivity index (χ0) is 9.07. The first-order valence-corrected chi connectivity index (χ1v) is 4.43. The third-order valence-electron chi connectivity index (χ3n) is 1.45. The fourth-order valence-electron chi connectivity index (χ4n) is 0.795. The van der Waals surface area contributed by atoms with Gasteiger partial charge in [-0.2, -0.15) is 0 Å². The standard InChI is InChI=1S/C12H18/c1-3-5-7-9-11-12-10-8-6-4-2/h3-4,7,9-10,12H,1-2,5-6,8,11H2. The number of unbranched alkanes of at least 4 members (excludes halogenated alkanes) is 1. The van der Waals surface area contributed by atoms with Crippen molar-refractivity contribution in [1.29, 1.82) is 0 Å². The lowest BCUT2D eigenvalue weighted by Gasteiger charge is -1.84. The fraction of sp³-hybridized carbons (Fsp3) is 0.333. The normalized spacial score (nSPS) is 11.0. The van der Waals surface area contributed by atoms with Crippen molar-refractivity contribution in [3.63, 3.8) is 0 Å². The van der Waals surface area contributed by atoms with Crippen LogP contribution in [-0.2, 0) is 0 Å². The molecule has 0 N–H and O–H groups in total. The Morgan fingerprint density at radius 3 is 2.00 bits per heavy atom. The van der Waals surface area contributed by atoms with E-state index in [2.05, 4.69) is 37.5 Å². The second-order valence-electron chi connectivity index (χ2n) is 2.57. The molecule has 0 aromatic heterocycles. The highest BCUT2D eigenvalue weighted by atomic mass is 13.8. The lowest BCUT2D eigenvalue weighted by atomic mass is 10.2. The maximum Gasteiger partial charge on any atom is -0.0169 e. The van der Waals surface area contributed by atoms with Crippen LogP contribution in [0.1, 0.15) is 25.7 Å². The number of hydrogen-bond donors (Lipinski definition) is 0. The summed E-state index contributed by atoms with van der Waals surface area (Å²) in [7, 11) is 0. The van der Waals surface area contributed by atoms with Gasteiger partial charge < -0.3 is 0 Å². The van der Waals surface area contributed by atoms with Crippen LogP contribution >= 0.6 is 0 Å². The van der Waals surface area contributed by atoms with Gasteiger partial charge in [0.2, 0.25) is 0 Å². The van der Waals surface area contributed by atoms with Gasteiger partial charge in [0.05, 0.1) is 0 Å². The minimum atomic E-state index is 0.973. The van der Waals surface area contributed by atoms with Gasteiger partial charge in [-0.1, -0.05) is 36.5 Å². The molecule has 12 heavy (non-hydrogen) atoms. The van der Waals surface area contributed by atoms with E-state index in [1.165, 1.54) is 0 Å². The Labute approximate surface area is 76.0 Å². The van der Waals surface area contributed by atoms with Crippen molar-refractivity contribution >= 4 is 0 Å². The Bertz CT molecular complexity index is 161. The van der Waals surface area contributed by atoms with Crippen LogP contribution in [0.25, 0.3) is 0 Å². The summed E-state index contributed by atoms with van der Waals surface area (Å²) in [5.74, 6) is 0. The van der Waals surface area contributed by atoms with E-state index >= 15 is 0 Å². The Hall–Kier alpha value is -1.04. The fourth-order valence-corrected chi connectivity index (χ4v) is 0.795. The van der Waals surface area contributed by atoms with Crippen molar-refractivity contribution in [2.75, 3.05) is 0 Å². The molecule has 0 nitrogen and oxygen atoms in total. The summed E-state index contributed by atoms with van der Waals surface area (Å²) in [6, 6.07) is 0. The van der Waals surface area contributed by atoms with E-state index < -0.39 is 0 Å². The smallest absolute Gasteiger partial charge is 0.0169 e. The van der Waals surface area contributed by atoms with E-state index in [1.807, 2.05) is 12.2 Å². The predicted molar refractivity (Wildman–Crippen MR) is 57.1 cm³/mol. The molecule has 0 bridgehead atoms. The summed E-state index contributed by atoms with van der Waals surface area (Å²) in [4.78, 5) is 0. The monoisotopic (exact) mass is 162 g/mol. The zero-order valence-electron chi connectivity index (χ0n) is 7.71. The summed E-state index contributed by atoms with van der Waals surface area (Å²) in [6.07, 6.45) is 16.7. The second kappa shape index (κ2) is 9.96. The average molecular weight is 162 g/mol. The molecule has 0 aliphatic carbocycles. The highest BCUT2D eigenvalue weighted by molar-refractivity contribution is 4.95. The van der Waals surface area contributed by atoms with E-state index in [1.54, 1.807) is 0 Å². The number of hydrogen-bond acceptors (Lipinski definition) is 0. The summed E-state index contributed by atoms with van der Waals surface area (Å²) in [5, 5.41) is 0. The van der Waals surface area contributed by atoms with Crippen LogP contribution in [0.2, 0.25) is 0 Å². The van der Waals surface area contributed by atoms with Gasteiger partial charge in [0, 0.05) is 0 Å². The Balaban J connectivity index is 3.22. The maximum atomic E-state index is 3.66. The predicted octanol–water partition coefficient (Wildman–Crippen LogP) is 4.03. The Morgan fingerprint density at radius 2 is 1.33 bits per heavy atom. The molecule has 0 amide bonds. The van der Waals surface area contributed by atoms with Crippen LogP contribution in [0.5, 0.6) is 0 Å². The van der Waals surface area contributed by atoms with Gasteiger partial charge in [-0.3, -0.25) is 0 Å². The number of allylic oxidation sites excluding steroid dienone is 6.